The lowest BCUT2D eigenvalue weighted by Gasteiger charge is -2.15. The maximum absolute atomic E-state index is 5.89. The van der Waals surface area contributed by atoms with Gasteiger partial charge in [0.1, 0.15) is 0 Å². The van der Waals surface area contributed by atoms with Crippen LogP contribution >= 0.6 is 11.6 Å². The molecule has 18 heavy (non-hydrogen) atoms. The monoisotopic (exact) mass is 263 g/mol. The standard InChI is InChI=1S/C14H18ClN3/c1-4-18-9-10(2)16-14(18)17-11(3)12-5-7-13(15)8-6-12/h5-9,11H,4H2,1-3H3,(H,16,17). The SMILES string of the molecule is CCn1cc(C)nc1NC(C)c1ccc(Cl)cc1. The highest BCUT2D eigenvalue weighted by Gasteiger charge is 2.09. The van der Waals surface area contributed by atoms with Crippen LogP contribution in [0.4, 0.5) is 5.95 Å². The third kappa shape index (κ3) is 2.85. The van der Waals surface area contributed by atoms with Crippen LogP contribution in [0.1, 0.15) is 31.1 Å². The zero-order valence-electron chi connectivity index (χ0n) is 10.9. The molecule has 2 aromatic rings. The van der Waals surface area contributed by atoms with Gasteiger partial charge < -0.3 is 9.88 Å². The average Bonchev–Trinajstić information content (AvgIpc) is 2.70. The van der Waals surface area contributed by atoms with Gasteiger partial charge in [-0.1, -0.05) is 23.7 Å². The van der Waals surface area contributed by atoms with Crippen LogP contribution < -0.4 is 5.32 Å². The van der Waals surface area contributed by atoms with E-state index in [0.29, 0.717) is 0 Å². The molecule has 1 unspecified atom stereocenters. The molecule has 4 heteroatoms. The van der Waals surface area contributed by atoms with E-state index in [-0.39, 0.29) is 6.04 Å². The number of nitrogens with one attached hydrogen (secondary N) is 1. The van der Waals surface area contributed by atoms with Crippen molar-refractivity contribution in [1.29, 1.82) is 0 Å². The van der Waals surface area contributed by atoms with Crippen LogP contribution in [-0.4, -0.2) is 9.55 Å². The summed E-state index contributed by atoms with van der Waals surface area (Å²) in [5, 5.41) is 4.19. The number of imidazole rings is 1. The molecule has 0 bridgehead atoms. The summed E-state index contributed by atoms with van der Waals surface area (Å²) < 4.78 is 2.11. The molecule has 0 saturated heterocycles. The van der Waals surface area contributed by atoms with Gasteiger partial charge in [0.2, 0.25) is 5.95 Å². The van der Waals surface area contributed by atoms with Crippen molar-refractivity contribution in [3.8, 4) is 0 Å². The Morgan fingerprint density at radius 1 is 1.33 bits per heavy atom. The zero-order valence-corrected chi connectivity index (χ0v) is 11.7. The summed E-state index contributed by atoms with van der Waals surface area (Å²) in [4.78, 5) is 4.49. The van der Waals surface area contributed by atoms with Gasteiger partial charge in [0.15, 0.2) is 0 Å². The summed E-state index contributed by atoms with van der Waals surface area (Å²) >= 11 is 5.89. The molecule has 0 aliphatic heterocycles. The lowest BCUT2D eigenvalue weighted by atomic mass is 10.1. The Bertz CT molecular complexity index is 516. The van der Waals surface area contributed by atoms with Crippen LogP contribution in [0, 0.1) is 6.92 Å². The molecule has 0 aliphatic rings. The maximum Gasteiger partial charge on any atom is 0.203 e. The van der Waals surface area contributed by atoms with Crippen molar-refractivity contribution in [2.75, 3.05) is 5.32 Å². The van der Waals surface area contributed by atoms with Crippen molar-refractivity contribution in [3.63, 3.8) is 0 Å². The number of hydrogen-bond donors (Lipinski definition) is 1. The molecule has 1 aromatic heterocycles. The lowest BCUT2D eigenvalue weighted by molar-refractivity contribution is 0.744. The molecule has 3 nitrogen and oxygen atoms in total. The topological polar surface area (TPSA) is 29.9 Å². The number of aromatic nitrogens is 2. The smallest absolute Gasteiger partial charge is 0.203 e. The number of anilines is 1. The van der Waals surface area contributed by atoms with E-state index >= 15 is 0 Å². The summed E-state index contributed by atoms with van der Waals surface area (Å²) in [7, 11) is 0. The number of benzene rings is 1. The molecule has 96 valence electrons. The van der Waals surface area contributed by atoms with Crippen LogP contribution in [-0.2, 0) is 6.54 Å². The minimum absolute atomic E-state index is 0.203. The minimum Gasteiger partial charge on any atom is -0.349 e. The van der Waals surface area contributed by atoms with Crippen LogP contribution in [0.25, 0.3) is 0 Å². The predicted molar refractivity (Wildman–Crippen MR) is 76.1 cm³/mol. The highest BCUT2D eigenvalue weighted by molar-refractivity contribution is 6.30. The Morgan fingerprint density at radius 2 is 2.00 bits per heavy atom. The van der Waals surface area contributed by atoms with Gasteiger partial charge >= 0.3 is 0 Å². The first-order valence-electron chi connectivity index (χ1n) is 6.16. The van der Waals surface area contributed by atoms with Crippen molar-refractivity contribution in [2.24, 2.45) is 0 Å². The maximum atomic E-state index is 5.89. The Kier molecular flexibility index (Phi) is 3.92. The van der Waals surface area contributed by atoms with E-state index in [1.54, 1.807) is 0 Å². The molecular weight excluding hydrogens is 246 g/mol. The number of hydrogen-bond acceptors (Lipinski definition) is 2. The van der Waals surface area contributed by atoms with Gasteiger partial charge in [-0.3, -0.25) is 0 Å². The van der Waals surface area contributed by atoms with Crippen molar-refractivity contribution in [3.05, 3.63) is 46.7 Å². The van der Waals surface area contributed by atoms with E-state index in [9.17, 15) is 0 Å². The second-order valence-electron chi connectivity index (χ2n) is 4.41. The summed E-state index contributed by atoms with van der Waals surface area (Å²) in [6, 6.07) is 8.09. The van der Waals surface area contributed by atoms with Gasteiger partial charge in [-0.25, -0.2) is 4.98 Å². The molecule has 1 aromatic carbocycles. The van der Waals surface area contributed by atoms with Gasteiger partial charge in [0, 0.05) is 17.8 Å². The van der Waals surface area contributed by atoms with Crippen LogP contribution in [0.3, 0.4) is 0 Å². The van der Waals surface area contributed by atoms with E-state index in [1.165, 1.54) is 5.56 Å². The van der Waals surface area contributed by atoms with E-state index < -0.39 is 0 Å². The molecule has 0 amide bonds. The highest BCUT2D eigenvalue weighted by Crippen LogP contribution is 2.20. The number of halogens is 1. The second-order valence-corrected chi connectivity index (χ2v) is 4.85. The predicted octanol–water partition coefficient (Wildman–Crippen LogP) is 4.04. The largest absolute Gasteiger partial charge is 0.349 e. The summed E-state index contributed by atoms with van der Waals surface area (Å²) in [5.41, 5.74) is 2.23. The fourth-order valence-corrected chi connectivity index (χ4v) is 2.06. The van der Waals surface area contributed by atoms with Gasteiger partial charge in [-0.2, -0.15) is 0 Å². The van der Waals surface area contributed by atoms with Crippen LogP contribution in [0.2, 0.25) is 5.02 Å². The summed E-state index contributed by atoms with van der Waals surface area (Å²) in [5.74, 6) is 0.914. The Morgan fingerprint density at radius 3 is 2.61 bits per heavy atom. The molecular formula is C14H18ClN3. The van der Waals surface area contributed by atoms with Gasteiger partial charge in [-0.15, -0.1) is 0 Å². The highest BCUT2D eigenvalue weighted by atomic mass is 35.5. The number of aryl methyl sites for hydroxylation is 2. The van der Waals surface area contributed by atoms with E-state index in [4.69, 9.17) is 11.6 Å². The van der Waals surface area contributed by atoms with Crippen molar-refractivity contribution >= 4 is 17.5 Å². The molecule has 1 N–H and O–H groups in total. The van der Waals surface area contributed by atoms with Gasteiger partial charge in [0.05, 0.1) is 11.7 Å². The minimum atomic E-state index is 0.203. The molecule has 1 atom stereocenters. The molecule has 1 heterocycles. The van der Waals surface area contributed by atoms with Crippen molar-refractivity contribution < 1.29 is 0 Å². The summed E-state index contributed by atoms with van der Waals surface area (Å²) in [6.07, 6.45) is 2.05. The fourth-order valence-electron chi connectivity index (χ4n) is 1.93. The normalized spacial score (nSPS) is 12.4. The Balaban J connectivity index is 2.15. The molecule has 0 fully saturated rings. The molecule has 2 rings (SSSR count). The zero-order chi connectivity index (χ0) is 13.1. The molecule has 0 saturated carbocycles. The molecule has 0 spiro atoms. The Labute approximate surface area is 113 Å². The number of rotatable bonds is 4. The third-order valence-electron chi connectivity index (χ3n) is 2.95. The van der Waals surface area contributed by atoms with E-state index in [2.05, 4.69) is 34.9 Å². The second kappa shape index (κ2) is 5.44. The quantitative estimate of drug-likeness (QED) is 0.902. The van der Waals surface area contributed by atoms with Crippen LogP contribution in [0.5, 0.6) is 0 Å². The summed E-state index contributed by atoms with van der Waals surface area (Å²) in [6.45, 7) is 7.15. The van der Waals surface area contributed by atoms with E-state index in [0.717, 1.165) is 23.2 Å². The fraction of sp³-hybridized carbons (Fsp3) is 0.357. The first-order valence-corrected chi connectivity index (χ1v) is 6.53. The van der Waals surface area contributed by atoms with Crippen molar-refractivity contribution in [1.82, 2.24) is 9.55 Å². The van der Waals surface area contributed by atoms with Crippen molar-refractivity contribution in [2.45, 2.75) is 33.4 Å². The lowest BCUT2D eigenvalue weighted by Crippen LogP contribution is -2.11. The van der Waals surface area contributed by atoms with E-state index in [1.807, 2.05) is 31.2 Å². The average molecular weight is 264 g/mol. The first kappa shape index (κ1) is 13.0. The van der Waals surface area contributed by atoms with Gasteiger partial charge in [0.25, 0.3) is 0 Å². The van der Waals surface area contributed by atoms with Gasteiger partial charge in [-0.05, 0) is 38.5 Å². The third-order valence-corrected chi connectivity index (χ3v) is 3.21. The molecule has 0 aliphatic carbocycles. The Hall–Kier alpha value is -1.48. The number of nitrogens with zero attached hydrogens (tertiary/aromatic N) is 2. The first-order chi connectivity index (χ1) is 8.60. The molecule has 0 radical (unpaired) electrons. The van der Waals surface area contributed by atoms with Crippen LogP contribution in [0.15, 0.2) is 30.5 Å².